The quantitative estimate of drug-likeness (QED) is 0.597. The van der Waals surface area contributed by atoms with Crippen molar-refractivity contribution in [3.8, 4) is 0 Å². The highest BCUT2D eigenvalue weighted by Crippen LogP contribution is 2.47. The van der Waals surface area contributed by atoms with Gasteiger partial charge in [0.05, 0.1) is 0 Å². The molecule has 0 aromatic rings. The molecule has 0 radical (unpaired) electrons. The molecule has 2 nitrogen and oxygen atoms in total. The molecule has 0 atom stereocenters. The summed E-state index contributed by atoms with van der Waals surface area (Å²) in [6.07, 6.45) is 2.67. The topological polar surface area (TPSA) is 18.5 Å². The first kappa shape index (κ1) is 10.2. The summed E-state index contributed by atoms with van der Waals surface area (Å²) in [5, 5.41) is 0. The first-order valence-electron chi connectivity index (χ1n) is 5.07. The monoisotopic (exact) mass is 188 g/mol. The lowest BCUT2D eigenvalue weighted by atomic mass is 10.9. The van der Waals surface area contributed by atoms with Gasteiger partial charge in [0, 0.05) is 18.8 Å². The van der Waals surface area contributed by atoms with E-state index in [1.54, 1.807) is 0 Å². The number of hydrogen-bond acceptors (Lipinski definition) is 2. The summed E-state index contributed by atoms with van der Waals surface area (Å²) in [6.45, 7) is 7.97. The van der Waals surface area contributed by atoms with Gasteiger partial charge in [0.15, 0.2) is 0 Å². The van der Waals surface area contributed by atoms with Crippen LogP contribution >= 0.6 is 0 Å². The predicted octanol–water partition coefficient (Wildman–Crippen LogP) is 2.69. The lowest BCUT2D eigenvalue weighted by Crippen LogP contribution is -2.42. The minimum absolute atomic E-state index is 0.794. The van der Waals surface area contributed by atoms with Crippen molar-refractivity contribution < 1.29 is 8.85 Å². The third-order valence-corrected chi connectivity index (χ3v) is 6.83. The molecule has 1 aliphatic carbocycles. The average Bonchev–Trinajstić information content (AvgIpc) is 2.86. The standard InChI is InChI=1S/C9H20O2Si/c1-4-10-12(6-3,11-5-2)9-7-8-9/h9H,4-8H2,1-3H3. The van der Waals surface area contributed by atoms with Crippen LogP contribution in [0.4, 0.5) is 0 Å². The van der Waals surface area contributed by atoms with Gasteiger partial charge in [-0.2, -0.15) is 0 Å². The van der Waals surface area contributed by atoms with E-state index in [0.717, 1.165) is 24.8 Å². The van der Waals surface area contributed by atoms with Crippen molar-refractivity contribution in [2.45, 2.75) is 45.2 Å². The number of rotatable bonds is 6. The van der Waals surface area contributed by atoms with Crippen molar-refractivity contribution in [1.82, 2.24) is 0 Å². The fourth-order valence-corrected chi connectivity index (χ4v) is 5.35. The third kappa shape index (κ3) is 2.09. The maximum Gasteiger partial charge on any atom is 0.341 e. The zero-order valence-electron chi connectivity index (χ0n) is 8.43. The minimum atomic E-state index is -1.74. The smallest absolute Gasteiger partial charge is 0.341 e. The van der Waals surface area contributed by atoms with Crippen molar-refractivity contribution in [3.05, 3.63) is 0 Å². The second kappa shape index (κ2) is 4.39. The highest BCUT2D eigenvalue weighted by Gasteiger charge is 2.50. The Balaban J connectivity index is 2.51. The summed E-state index contributed by atoms with van der Waals surface area (Å²) < 4.78 is 11.7. The van der Waals surface area contributed by atoms with Crippen molar-refractivity contribution >= 4 is 8.56 Å². The Kier molecular flexibility index (Phi) is 3.74. The van der Waals surface area contributed by atoms with Crippen LogP contribution in [0, 0.1) is 0 Å². The van der Waals surface area contributed by atoms with Crippen LogP contribution in [0.2, 0.25) is 11.6 Å². The van der Waals surface area contributed by atoms with Crippen LogP contribution in [-0.2, 0) is 8.85 Å². The molecule has 1 saturated carbocycles. The van der Waals surface area contributed by atoms with Crippen LogP contribution in [0.25, 0.3) is 0 Å². The molecule has 0 aliphatic heterocycles. The minimum Gasteiger partial charge on any atom is -0.394 e. The molecule has 1 fully saturated rings. The molecule has 3 heteroatoms. The molecule has 72 valence electrons. The molecule has 0 heterocycles. The van der Waals surface area contributed by atoms with E-state index in [1.165, 1.54) is 12.8 Å². The molecule has 0 spiro atoms. The van der Waals surface area contributed by atoms with Crippen molar-refractivity contribution in [2.75, 3.05) is 13.2 Å². The highest BCUT2D eigenvalue weighted by molar-refractivity contribution is 6.69. The molecule has 0 N–H and O–H groups in total. The first-order chi connectivity index (χ1) is 5.79. The largest absolute Gasteiger partial charge is 0.394 e. The van der Waals surface area contributed by atoms with E-state index in [0.29, 0.717) is 0 Å². The molecule has 1 aliphatic rings. The van der Waals surface area contributed by atoms with Gasteiger partial charge in [-0.1, -0.05) is 6.92 Å². The van der Waals surface area contributed by atoms with Crippen molar-refractivity contribution in [2.24, 2.45) is 0 Å². The van der Waals surface area contributed by atoms with E-state index >= 15 is 0 Å². The van der Waals surface area contributed by atoms with E-state index in [4.69, 9.17) is 8.85 Å². The summed E-state index contributed by atoms with van der Waals surface area (Å²) in [5.41, 5.74) is 0.794. The average molecular weight is 188 g/mol. The van der Waals surface area contributed by atoms with Crippen molar-refractivity contribution in [1.29, 1.82) is 0 Å². The van der Waals surface area contributed by atoms with Crippen LogP contribution in [0.5, 0.6) is 0 Å². The second-order valence-electron chi connectivity index (χ2n) is 3.31. The maximum absolute atomic E-state index is 5.86. The molecule has 1 rings (SSSR count). The molecule has 0 saturated heterocycles. The molecule has 0 amide bonds. The van der Waals surface area contributed by atoms with Gasteiger partial charge in [-0.15, -0.1) is 0 Å². The van der Waals surface area contributed by atoms with Crippen LogP contribution in [-0.4, -0.2) is 21.8 Å². The van der Waals surface area contributed by atoms with Crippen LogP contribution in [0.15, 0.2) is 0 Å². The SMILES string of the molecule is CCO[Si](CC)(OCC)C1CC1. The van der Waals surface area contributed by atoms with Gasteiger partial charge < -0.3 is 8.85 Å². The van der Waals surface area contributed by atoms with Crippen LogP contribution in [0.1, 0.15) is 33.6 Å². The van der Waals surface area contributed by atoms with Gasteiger partial charge in [-0.3, -0.25) is 0 Å². The Labute approximate surface area is 76.5 Å². The highest BCUT2D eigenvalue weighted by atomic mass is 28.4. The fourth-order valence-electron chi connectivity index (χ4n) is 1.78. The lowest BCUT2D eigenvalue weighted by molar-refractivity contribution is 0.182. The van der Waals surface area contributed by atoms with Gasteiger partial charge in [-0.25, -0.2) is 0 Å². The Morgan fingerprint density at radius 1 is 1.08 bits per heavy atom. The third-order valence-electron chi connectivity index (χ3n) is 2.47. The van der Waals surface area contributed by atoms with E-state index in [2.05, 4.69) is 20.8 Å². The fraction of sp³-hybridized carbons (Fsp3) is 1.00. The normalized spacial score (nSPS) is 18.2. The molecular weight excluding hydrogens is 168 g/mol. The summed E-state index contributed by atoms with van der Waals surface area (Å²) in [5.74, 6) is 0. The summed E-state index contributed by atoms with van der Waals surface area (Å²) in [6, 6.07) is 1.11. The van der Waals surface area contributed by atoms with E-state index in [-0.39, 0.29) is 0 Å². The molecule has 0 bridgehead atoms. The molecule has 0 unspecified atom stereocenters. The zero-order valence-corrected chi connectivity index (χ0v) is 9.43. The Morgan fingerprint density at radius 3 is 1.83 bits per heavy atom. The van der Waals surface area contributed by atoms with Gasteiger partial charge in [-0.05, 0) is 32.7 Å². The summed E-state index contributed by atoms with van der Waals surface area (Å²) in [4.78, 5) is 0. The van der Waals surface area contributed by atoms with Crippen LogP contribution in [0.3, 0.4) is 0 Å². The van der Waals surface area contributed by atoms with Crippen LogP contribution < -0.4 is 0 Å². The van der Waals surface area contributed by atoms with E-state index < -0.39 is 8.56 Å². The first-order valence-corrected chi connectivity index (χ1v) is 7.17. The molecule has 0 aromatic carbocycles. The molecular formula is C9H20O2Si. The lowest BCUT2D eigenvalue weighted by Gasteiger charge is -2.28. The Morgan fingerprint density at radius 2 is 1.58 bits per heavy atom. The maximum atomic E-state index is 5.86. The van der Waals surface area contributed by atoms with Gasteiger partial charge in [0.25, 0.3) is 0 Å². The van der Waals surface area contributed by atoms with Gasteiger partial charge >= 0.3 is 8.56 Å². The van der Waals surface area contributed by atoms with Gasteiger partial charge in [0.1, 0.15) is 0 Å². The zero-order chi connectivity index (χ0) is 9.03. The summed E-state index contributed by atoms with van der Waals surface area (Å²) in [7, 11) is -1.74. The van der Waals surface area contributed by atoms with Crippen molar-refractivity contribution in [3.63, 3.8) is 0 Å². The number of hydrogen-bond donors (Lipinski definition) is 0. The Bertz CT molecular complexity index is 128. The van der Waals surface area contributed by atoms with Gasteiger partial charge in [0.2, 0.25) is 0 Å². The van der Waals surface area contributed by atoms with E-state index in [9.17, 15) is 0 Å². The Hall–Kier alpha value is 0.137. The second-order valence-corrected chi connectivity index (χ2v) is 7.03. The summed E-state index contributed by atoms with van der Waals surface area (Å²) >= 11 is 0. The predicted molar refractivity (Wildman–Crippen MR) is 52.5 cm³/mol. The molecule has 0 aromatic heterocycles. The van der Waals surface area contributed by atoms with E-state index in [1.807, 2.05) is 0 Å². The molecule has 12 heavy (non-hydrogen) atoms.